The van der Waals surface area contributed by atoms with Gasteiger partial charge in [-0.3, -0.25) is 0 Å². The molecular formula is C10H14ClNO2S2. The van der Waals surface area contributed by atoms with Crippen molar-refractivity contribution in [1.29, 1.82) is 0 Å². The molecule has 0 bridgehead atoms. The summed E-state index contributed by atoms with van der Waals surface area (Å²) in [5.41, 5.74) is 0. The Morgan fingerprint density at radius 1 is 1.62 bits per heavy atom. The van der Waals surface area contributed by atoms with E-state index < -0.39 is 10.0 Å². The fourth-order valence-electron chi connectivity index (χ4n) is 1.91. The third-order valence-corrected chi connectivity index (χ3v) is 6.26. The Hall–Kier alpha value is -0.100. The minimum atomic E-state index is -3.31. The van der Waals surface area contributed by atoms with Gasteiger partial charge >= 0.3 is 0 Å². The molecule has 0 aromatic carbocycles. The number of halogens is 1. The number of alkyl halides is 1. The van der Waals surface area contributed by atoms with Crippen LogP contribution in [-0.2, 0) is 15.9 Å². The molecule has 1 aliphatic rings. The Labute approximate surface area is 105 Å². The number of sulfonamides is 1. The molecule has 1 saturated heterocycles. The second-order valence-corrected chi connectivity index (χ2v) is 7.27. The lowest BCUT2D eigenvalue weighted by molar-refractivity contribution is 0.464. The summed E-state index contributed by atoms with van der Waals surface area (Å²) >= 11 is 7.14. The summed E-state index contributed by atoms with van der Waals surface area (Å²) in [7, 11) is -3.31. The van der Waals surface area contributed by atoms with E-state index in [4.69, 9.17) is 11.6 Å². The van der Waals surface area contributed by atoms with E-state index in [9.17, 15) is 8.42 Å². The summed E-state index contributed by atoms with van der Waals surface area (Å²) < 4.78 is 26.2. The molecule has 2 heterocycles. The van der Waals surface area contributed by atoms with E-state index in [0.29, 0.717) is 23.9 Å². The minimum absolute atomic E-state index is 0.260. The van der Waals surface area contributed by atoms with Crippen LogP contribution in [0, 0.1) is 5.92 Å². The van der Waals surface area contributed by atoms with Gasteiger partial charge in [-0.1, -0.05) is 6.92 Å². The number of rotatable bonds is 3. The fraction of sp³-hybridized carbons (Fsp3) is 0.600. The van der Waals surface area contributed by atoms with Crippen LogP contribution in [0.15, 0.2) is 16.3 Å². The summed E-state index contributed by atoms with van der Waals surface area (Å²) in [4.78, 5) is 1.13. The van der Waals surface area contributed by atoms with Gasteiger partial charge in [0.25, 0.3) is 0 Å². The van der Waals surface area contributed by atoms with E-state index in [2.05, 4.69) is 6.92 Å². The van der Waals surface area contributed by atoms with Gasteiger partial charge in [-0.25, -0.2) is 8.42 Å². The van der Waals surface area contributed by atoms with Crippen molar-refractivity contribution in [2.24, 2.45) is 5.92 Å². The zero-order valence-electron chi connectivity index (χ0n) is 9.02. The standard InChI is InChI=1S/C10H14ClNO2S2/c1-8-2-4-12(7-8)16(13,14)10-3-5-15-9(10)6-11/h3,5,8H,2,4,6-7H2,1H3. The Morgan fingerprint density at radius 2 is 2.38 bits per heavy atom. The molecule has 0 aliphatic carbocycles. The molecule has 6 heteroatoms. The Balaban J connectivity index is 2.32. The maximum absolute atomic E-state index is 12.3. The molecule has 90 valence electrons. The molecule has 1 atom stereocenters. The van der Waals surface area contributed by atoms with E-state index in [1.807, 2.05) is 0 Å². The summed E-state index contributed by atoms with van der Waals surface area (Å²) in [6.07, 6.45) is 0.944. The average Bonchev–Trinajstić information content (AvgIpc) is 2.85. The van der Waals surface area contributed by atoms with Gasteiger partial charge in [0.1, 0.15) is 0 Å². The van der Waals surface area contributed by atoms with E-state index in [1.54, 1.807) is 15.8 Å². The van der Waals surface area contributed by atoms with Gasteiger partial charge < -0.3 is 0 Å². The molecule has 1 aromatic rings. The Kier molecular flexibility index (Phi) is 3.59. The first-order valence-corrected chi connectivity index (χ1v) is 8.03. The Bertz CT molecular complexity index is 469. The van der Waals surface area contributed by atoms with Crippen LogP contribution in [0.2, 0.25) is 0 Å². The smallest absolute Gasteiger partial charge is 0.207 e. The van der Waals surface area contributed by atoms with Crippen LogP contribution in [0.3, 0.4) is 0 Å². The van der Waals surface area contributed by atoms with Crippen molar-refractivity contribution in [2.75, 3.05) is 13.1 Å². The lowest BCUT2D eigenvalue weighted by Gasteiger charge is -2.15. The van der Waals surface area contributed by atoms with Gasteiger partial charge in [0.15, 0.2) is 0 Å². The number of nitrogens with zero attached hydrogens (tertiary/aromatic N) is 1. The van der Waals surface area contributed by atoms with Crippen molar-refractivity contribution in [2.45, 2.75) is 24.1 Å². The maximum Gasteiger partial charge on any atom is 0.244 e. The fourth-order valence-corrected chi connectivity index (χ4v) is 5.16. The number of hydrogen-bond acceptors (Lipinski definition) is 3. The largest absolute Gasteiger partial charge is 0.244 e. The van der Waals surface area contributed by atoms with Crippen LogP contribution >= 0.6 is 22.9 Å². The first-order valence-electron chi connectivity index (χ1n) is 5.18. The number of thiophene rings is 1. The van der Waals surface area contributed by atoms with Crippen molar-refractivity contribution >= 4 is 33.0 Å². The van der Waals surface area contributed by atoms with Gasteiger partial charge in [-0.15, -0.1) is 22.9 Å². The predicted molar refractivity (Wildman–Crippen MR) is 66.4 cm³/mol. The molecule has 1 aliphatic heterocycles. The molecule has 2 rings (SSSR count). The molecule has 16 heavy (non-hydrogen) atoms. The molecule has 1 aromatic heterocycles. The molecule has 0 amide bonds. The first-order chi connectivity index (χ1) is 7.55. The molecule has 3 nitrogen and oxygen atoms in total. The molecule has 0 radical (unpaired) electrons. The predicted octanol–water partition coefficient (Wildman–Crippen LogP) is 2.52. The summed E-state index contributed by atoms with van der Waals surface area (Å²) in [5.74, 6) is 0.711. The van der Waals surface area contributed by atoms with Crippen LogP contribution in [0.5, 0.6) is 0 Å². The Morgan fingerprint density at radius 3 is 2.94 bits per heavy atom. The van der Waals surface area contributed by atoms with E-state index in [-0.39, 0.29) is 5.88 Å². The topological polar surface area (TPSA) is 37.4 Å². The van der Waals surface area contributed by atoms with Crippen LogP contribution in [0.1, 0.15) is 18.2 Å². The third-order valence-electron chi connectivity index (χ3n) is 2.83. The monoisotopic (exact) mass is 279 g/mol. The van der Waals surface area contributed by atoms with Crippen LogP contribution in [0.4, 0.5) is 0 Å². The summed E-state index contributed by atoms with van der Waals surface area (Å²) in [6, 6.07) is 1.65. The van der Waals surface area contributed by atoms with E-state index >= 15 is 0 Å². The first kappa shape index (κ1) is 12.4. The zero-order chi connectivity index (χ0) is 11.8. The van der Waals surface area contributed by atoms with Crippen molar-refractivity contribution < 1.29 is 8.42 Å². The quantitative estimate of drug-likeness (QED) is 0.798. The highest BCUT2D eigenvalue weighted by Crippen LogP contribution is 2.29. The summed E-state index contributed by atoms with van der Waals surface area (Å²) in [5, 5.41) is 1.78. The van der Waals surface area contributed by atoms with E-state index in [0.717, 1.165) is 11.3 Å². The summed E-state index contributed by atoms with van der Waals surface area (Å²) in [6.45, 7) is 3.33. The zero-order valence-corrected chi connectivity index (χ0v) is 11.4. The SMILES string of the molecule is CC1CCN(S(=O)(=O)c2ccsc2CCl)C1. The third kappa shape index (κ3) is 2.14. The lowest BCUT2D eigenvalue weighted by Crippen LogP contribution is -2.28. The molecule has 0 N–H and O–H groups in total. The minimum Gasteiger partial charge on any atom is -0.207 e. The van der Waals surface area contributed by atoms with Gasteiger partial charge in [0.2, 0.25) is 10.0 Å². The molecule has 1 fully saturated rings. The highest BCUT2D eigenvalue weighted by molar-refractivity contribution is 7.89. The van der Waals surface area contributed by atoms with Crippen molar-refractivity contribution in [3.05, 3.63) is 16.3 Å². The highest BCUT2D eigenvalue weighted by atomic mass is 35.5. The normalized spacial score (nSPS) is 22.8. The van der Waals surface area contributed by atoms with Gasteiger partial charge in [0, 0.05) is 18.0 Å². The molecule has 1 unspecified atom stereocenters. The van der Waals surface area contributed by atoms with Gasteiger partial charge in [0.05, 0.1) is 10.8 Å². The second kappa shape index (κ2) is 4.64. The van der Waals surface area contributed by atoms with E-state index in [1.165, 1.54) is 11.3 Å². The molecule has 0 spiro atoms. The van der Waals surface area contributed by atoms with Gasteiger partial charge in [-0.05, 0) is 23.8 Å². The van der Waals surface area contributed by atoms with Crippen LogP contribution in [-0.4, -0.2) is 25.8 Å². The van der Waals surface area contributed by atoms with Gasteiger partial charge in [-0.2, -0.15) is 4.31 Å². The van der Waals surface area contributed by atoms with Crippen LogP contribution < -0.4 is 0 Å². The average molecular weight is 280 g/mol. The van der Waals surface area contributed by atoms with Crippen molar-refractivity contribution in [3.63, 3.8) is 0 Å². The maximum atomic E-state index is 12.3. The number of hydrogen-bond donors (Lipinski definition) is 0. The lowest BCUT2D eigenvalue weighted by atomic mass is 10.2. The molecule has 0 saturated carbocycles. The molecular weight excluding hydrogens is 266 g/mol. The highest BCUT2D eigenvalue weighted by Gasteiger charge is 2.32. The van der Waals surface area contributed by atoms with Crippen molar-refractivity contribution in [1.82, 2.24) is 4.31 Å². The second-order valence-electron chi connectivity index (χ2n) is 4.10. The van der Waals surface area contributed by atoms with Crippen molar-refractivity contribution in [3.8, 4) is 0 Å². The van der Waals surface area contributed by atoms with Crippen LogP contribution in [0.25, 0.3) is 0 Å².